The summed E-state index contributed by atoms with van der Waals surface area (Å²) in [6.07, 6.45) is 12.1. The van der Waals surface area contributed by atoms with E-state index in [-0.39, 0.29) is 28.8 Å². The molecule has 3 aliphatic rings. The van der Waals surface area contributed by atoms with Crippen molar-refractivity contribution in [3.05, 3.63) is 46.4 Å². The van der Waals surface area contributed by atoms with Crippen molar-refractivity contribution in [1.29, 1.82) is 0 Å². The van der Waals surface area contributed by atoms with Crippen LogP contribution in [0.1, 0.15) is 57.8 Å². The highest BCUT2D eigenvalue weighted by Gasteiger charge is 2.27. The second kappa shape index (κ2) is 13.4. The Bertz CT molecular complexity index is 941. The van der Waals surface area contributed by atoms with Gasteiger partial charge in [-0.2, -0.15) is 0 Å². The monoisotopic (exact) mass is 541 g/mol. The van der Waals surface area contributed by atoms with E-state index in [9.17, 15) is 13.2 Å². The number of hydrogen-bond acceptors (Lipinski definition) is 6. The topological polar surface area (TPSA) is 92.5 Å². The highest BCUT2D eigenvalue weighted by atomic mass is 35.5. The maximum Gasteiger partial charge on any atom is 0.220 e. The Morgan fingerprint density at radius 1 is 1.20 bits per heavy atom. The first kappa shape index (κ1) is 28.4. The third-order valence-corrected chi connectivity index (χ3v) is 10.1. The summed E-state index contributed by atoms with van der Waals surface area (Å²) in [6.45, 7) is 10.2. The summed E-state index contributed by atoms with van der Waals surface area (Å²) in [7, 11) is -2.89. The minimum atomic E-state index is -2.89. The van der Waals surface area contributed by atoms with Gasteiger partial charge < -0.3 is 11.1 Å². The molecule has 9 heteroatoms. The highest BCUT2D eigenvalue weighted by molar-refractivity contribution is 8.06. The van der Waals surface area contributed by atoms with Crippen LogP contribution in [-0.4, -0.2) is 61.8 Å². The Hall–Kier alpha value is -1.22. The number of sulfone groups is 1. The first-order valence-electron chi connectivity index (χ1n) is 12.7. The minimum absolute atomic E-state index is 0.0416. The van der Waals surface area contributed by atoms with Crippen LogP contribution in [0, 0.1) is 5.92 Å². The number of rotatable bonds is 11. The van der Waals surface area contributed by atoms with Gasteiger partial charge in [0.2, 0.25) is 5.91 Å². The average molecular weight is 542 g/mol. The van der Waals surface area contributed by atoms with Gasteiger partial charge in [0.25, 0.3) is 0 Å². The van der Waals surface area contributed by atoms with E-state index in [1.165, 1.54) is 31.0 Å². The number of thioether (sulfide) groups is 1. The van der Waals surface area contributed by atoms with Crippen LogP contribution in [0.3, 0.4) is 0 Å². The van der Waals surface area contributed by atoms with Crippen molar-refractivity contribution in [2.75, 3.05) is 31.1 Å². The summed E-state index contributed by atoms with van der Waals surface area (Å²) in [5.41, 5.74) is 7.85. The molecule has 35 heavy (non-hydrogen) atoms. The molecule has 1 aliphatic heterocycles. The van der Waals surface area contributed by atoms with Gasteiger partial charge in [-0.1, -0.05) is 55.8 Å². The summed E-state index contributed by atoms with van der Waals surface area (Å²) in [4.78, 5) is 17.0. The normalized spacial score (nSPS) is 24.2. The summed E-state index contributed by atoms with van der Waals surface area (Å²) < 4.78 is 23.4. The molecule has 2 atom stereocenters. The number of alkyl halides is 1. The zero-order chi connectivity index (χ0) is 25.4. The van der Waals surface area contributed by atoms with Crippen molar-refractivity contribution < 1.29 is 13.2 Å². The second-order valence-electron chi connectivity index (χ2n) is 10.1. The number of nitrogens with zero attached hydrogens (tertiary/aromatic N) is 1. The van der Waals surface area contributed by atoms with Crippen LogP contribution >= 0.6 is 23.4 Å². The lowest BCUT2D eigenvalue weighted by molar-refractivity contribution is -0.122. The van der Waals surface area contributed by atoms with Gasteiger partial charge in [-0.15, -0.1) is 11.6 Å². The van der Waals surface area contributed by atoms with E-state index in [4.69, 9.17) is 17.3 Å². The molecule has 0 aromatic rings. The molecule has 1 amide bonds. The lowest BCUT2D eigenvalue weighted by atomic mass is 9.81. The Morgan fingerprint density at radius 3 is 2.57 bits per heavy atom. The molecule has 0 aromatic carbocycles. The Kier molecular flexibility index (Phi) is 10.8. The fraction of sp³-hybridized carbons (Fsp3) is 0.654. The van der Waals surface area contributed by atoms with Crippen LogP contribution in [0.5, 0.6) is 0 Å². The molecule has 0 radical (unpaired) electrons. The molecular formula is C26H40ClN3O3S2. The van der Waals surface area contributed by atoms with Crippen LogP contribution in [-0.2, 0) is 14.6 Å². The van der Waals surface area contributed by atoms with Crippen molar-refractivity contribution in [1.82, 2.24) is 10.2 Å². The maximum absolute atomic E-state index is 12.9. The van der Waals surface area contributed by atoms with Gasteiger partial charge in [0, 0.05) is 49.1 Å². The number of halogens is 1. The van der Waals surface area contributed by atoms with Gasteiger partial charge in [-0.25, -0.2) is 8.42 Å². The van der Waals surface area contributed by atoms with Gasteiger partial charge in [-0.3, -0.25) is 9.69 Å². The van der Waals surface area contributed by atoms with E-state index in [0.29, 0.717) is 44.8 Å². The zero-order valence-corrected chi connectivity index (χ0v) is 23.0. The number of amides is 1. The maximum atomic E-state index is 12.9. The summed E-state index contributed by atoms with van der Waals surface area (Å²) in [5.74, 6) is 0.938. The molecule has 2 fully saturated rings. The fourth-order valence-corrected chi connectivity index (χ4v) is 7.59. The molecule has 0 bridgehead atoms. The molecule has 3 N–H and O–H groups in total. The summed E-state index contributed by atoms with van der Waals surface area (Å²) in [5, 5.41) is 3.25. The van der Waals surface area contributed by atoms with Gasteiger partial charge in [0.15, 0.2) is 9.84 Å². The highest BCUT2D eigenvalue weighted by Crippen LogP contribution is 2.35. The van der Waals surface area contributed by atoms with Crippen LogP contribution in [0.4, 0.5) is 0 Å². The molecule has 2 unspecified atom stereocenters. The van der Waals surface area contributed by atoms with E-state index in [2.05, 4.69) is 23.4 Å². The SMILES string of the molecule is C=C(CC(NC(=O)CCC(=C)SC1=C(N)C=CC(Cl)C1)C1CCCCC1)CN1CCS(=O)(=O)CC1. The molecule has 1 saturated heterocycles. The first-order valence-corrected chi connectivity index (χ1v) is 15.7. The second-order valence-corrected chi connectivity index (χ2v) is 14.2. The molecule has 1 saturated carbocycles. The number of carbonyl (C=O) groups is 1. The Labute approximate surface area is 220 Å². The molecule has 0 aromatic heterocycles. The molecule has 0 spiro atoms. The third-order valence-electron chi connectivity index (χ3n) is 7.04. The number of hydrogen-bond donors (Lipinski definition) is 2. The third kappa shape index (κ3) is 9.63. The van der Waals surface area contributed by atoms with Crippen molar-refractivity contribution >= 4 is 39.1 Å². The predicted octanol–water partition coefficient (Wildman–Crippen LogP) is 4.49. The summed E-state index contributed by atoms with van der Waals surface area (Å²) in [6, 6.07) is 0.0728. The smallest absolute Gasteiger partial charge is 0.220 e. The quantitative estimate of drug-likeness (QED) is 0.296. The minimum Gasteiger partial charge on any atom is -0.398 e. The Morgan fingerprint density at radius 2 is 1.89 bits per heavy atom. The van der Waals surface area contributed by atoms with Crippen molar-refractivity contribution in [2.45, 2.75) is 69.2 Å². The van der Waals surface area contributed by atoms with Gasteiger partial charge in [-0.05, 0) is 42.6 Å². The first-order chi connectivity index (χ1) is 16.6. The van der Waals surface area contributed by atoms with Gasteiger partial charge in [0.05, 0.1) is 16.9 Å². The van der Waals surface area contributed by atoms with Crippen LogP contribution in [0.2, 0.25) is 0 Å². The van der Waals surface area contributed by atoms with Crippen molar-refractivity contribution in [2.24, 2.45) is 11.7 Å². The van der Waals surface area contributed by atoms with E-state index in [1.807, 2.05) is 12.2 Å². The van der Waals surface area contributed by atoms with E-state index in [1.54, 1.807) is 0 Å². The predicted molar refractivity (Wildman–Crippen MR) is 148 cm³/mol. The van der Waals surface area contributed by atoms with Crippen molar-refractivity contribution in [3.8, 4) is 0 Å². The van der Waals surface area contributed by atoms with Gasteiger partial charge in [0.1, 0.15) is 0 Å². The number of nitrogens with two attached hydrogens (primary N) is 1. The lowest BCUT2D eigenvalue weighted by Crippen LogP contribution is -2.44. The molecule has 6 nitrogen and oxygen atoms in total. The van der Waals surface area contributed by atoms with E-state index >= 15 is 0 Å². The molecule has 3 rings (SSSR count). The average Bonchev–Trinajstić information content (AvgIpc) is 2.81. The molecular weight excluding hydrogens is 502 g/mol. The van der Waals surface area contributed by atoms with Crippen LogP contribution in [0.15, 0.2) is 46.4 Å². The zero-order valence-electron chi connectivity index (χ0n) is 20.6. The number of nitrogens with one attached hydrogen (secondary N) is 1. The lowest BCUT2D eigenvalue weighted by Gasteiger charge is -2.33. The van der Waals surface area contributed by atoms with Crippen LogP contribution < -0.4 is 11.1 Å². The molecule has 2 aliphatic carbocycles. The van der Waals surface area contributed by atoms with Crippen LogP contribution in [0.25, 0.3) is 0 Å². The molecule has 1 heterocycles. The van der Waals surface area contributed by atoms with Crippen molar-refractivity contribution in [3.63, 3.8) is 0 Å². The largest absolute Gasteiger partial charge is 0.398 e. The fourth-order valence-electron chi connectivity index (χ4n) is 4.99. The molecule has 196 valence electrons. The standard InChI is InChI=1S/C26H40ClN3O3S2/c1-19(18-30-12-14-35(32,33)15-13-30)16-24(21-6-4-3-5-7-21)29-26(31)11-8-20(2)34-25-17-22(27)9-10-23(25)28/h9-10,21-22,24H,1-8,11-18,28H2,(H,29,31). The van der Waals surface area contributed by atoms with E-state index in [0.717, 1.165) is 40.3 Å². The summed E-state index contributed by atoms with van der Waals surface area (Å²) >= 11 is 7.75. The number of allylic oxidation sites excluding steroid dienone is 4. The van der Waals surface area contributed by atoms with E-state index < -0.39 is 9.84 Å². The van der Waals surface area contributed by atoms with Gasteiger partial charge >= 0.3 is 0 Å². The number of carbonyl (C=O) groups excluding carboxylic acids is 1. The Balaban J connectivity index is 1.49.